The lowest BCUT2D eigenvalue weighted by Crippen LogP contribution is -2.44. The third kappa shape index (κ3) is 6.49. The molecule has 1 aliphatic rings. The summed E-state index contributed by atoms with van der Waals surface area (Å²) in [6, 6.07) is 12.5. The van der Waals surface area contributed by atoms with Gasteiger partial charge in [-0.25, -0.2) is 0 Å². The van der Waals surface area contributed by atoms with Gasteiger partial charge in [0, 0.05) is 30.0 Å². The van der Waals surface area contributed by atoms with Crippen molar-refractivity contribution in [2.24, 2.45) is 11.8 Å². The lowest BCUT2D eigenvalue weighted by molar-refractivity contribution is -0.0794. The first kappa shape index (κ1) is 31.2. The zero-order valence-electron chi connectivity index (χ0n) is 25.0. The number of phenolic OH excluding ortho intramolecular Hbond substituents is 3. The Bertz CT molecular complexity index is 1700. The van der Waals surface area contributed by atoms with Crippen LogP contribution in [-0.4, -0.2) is 49.5 Å². The normalized spacial score (nSPS) is 15.5. The van der Waals surface area contributed by atoms with Crippen LogP contribution in [0.3, 0.4) is 0 Å². The monoisotopic (exact) mass is 604 g/mol. The molecule has 1 heterocycles. The number of aliphatic hydroxyl groups excluding tert-OH is 1. The third-order valence-corrected chi connectivity index (χ3v) is 8.52. The molecule has 0 radical (unpaired) electrons. The van der Waals surface area contributed by atoms with Crippen molar-refractivity contribution in [1.29, 1.82) is 0 Å². The second-order valence-corrected chi connectivity index (χ2v) is 12.4. The summed E-state index contributed by atoms with van der Waals surface area (Å²) in [6.45, 7) is 3.59. The van der Waals surface area contributed by atoms with Crippen LogP contribution in [0, 0.1) is 11.8 Å². The number of aliphatic hydroxyl groups is 2. The predicted molar refractivity (Wildman–Crippen MR) is 166 cm³/mol. The number of benzene rings is 3. The van der Waals surface area contributed by atoms with Gasteiger partial charge in [-0.05, 0) is 66.1 Å². The largest absolute Gasteiger partial charge is 0.508 e. The van der Waals surface area contributed by atoms with Gasteiger partial charge in [0.1, 0.15) is 34.0 Å². The van der Waals surface area contributed by atoms with Crippen LogP contribution in [0.15, 0.2) is 57.7 Å². The number of rotatable bonds is 10. The molecular formula is C35H40O9. The summed E-state index contributed by atoms with van der Waals surface area (Å²) in [5.41, 5.74) is 0.331. The summed E-state index contributed by atoms with van der Waals surface area (Å²) in [6.07, 6.45) is 4.55. The molecule has 1 fully saturated rings. The van der Waals surface area contributed by atoms with Gasteiger partial charge in [0.15, 0.2) is 5.76 Å². The van der Waals surface area contributed by atoms with Crippen molar-refractivity contribution < 1.29 is 39.8 Å². The fourth-order valence-corrected chi connectivity index (χ4v) is 6.22. The minimum atomic E-state index is -1.09. The van der Waals surface area contributed by atoms with Crippen molar-refractivity contribution in [3.63, 3.8) is 0 Å². The van der Waals surface area contributed by atoms with Gasteiger partial charge in [-0.2, -0.15) is 0 Å². The Morgan fingerprint density at radius 1 is 0.909 bits per heavy atom. The van der Waals surface area contributed by atoms with E-state index >= 15 is 0 Å². The van der Waals surface area contributed by atoms with E-state index in [0.717, 1.165) is 24.8 Å². The SMILES string of the molecule is CC(C)Cc1cc(-c2oc3cc(O)cc(OCC(CO)C4(O)CCCCC4)c3c(=O)c2O)cc(Cc2cccc(O)c2)c1O. The molecule has 1 saturated carbocycles. The molecular weight excluding hydrogens is 564 g/mol. The molecule has 9 nitrogen and oxygen atoms in total. The van der Waals surface area contributed by atoms with Crippen LogP contribution in [0.5, 0.6) is 28.7 Å². The van der Waals surface area contributed by atoms with Crippen molar-refractivity contribution in [1.82, 2.24) is 0 Å². The smallest absolute Gasteiger partial charge is 0.238 e. The van der Waals surface area contributed by atoms with E-state index in [-0.39, 0.29) is 65.3 Å². The maximum atomic E-state index is 13.6. The summed E-state index contributed by atoms with van der Waals surface area (Å²) in [7, 11) is 0. The second-order valence-electron chi connectivity index (χ2n) is 12.4. The molecule has 1 atom stereocenters. The number of aromatic hydroxyl groups is 4. The van der Waals surface area contributed by atoms with Crippen LogP contribution in [0.2, 0.25) is 0 Å². The van der Waals surface area contributed by atoms with E-state index in [9.17, 15) is 35.4 Å². The average Bonchev–Trinajstić information content (AvgIpc) is 2.97. The summed E-state index contributed by atoms with van der Waals surface area (Å²) >= 11 is 0. The number of hydrogen-bond donors (Lipinski definition) is 6. The highest BCUT2D eigenvalue weighted by Gasteiger charge is 2.38. The summed E-state index contributed by atoms with van der Waals surface area (Å²) in [4.78, 5) is 13.6. The highest BCUT2D eigenvalue weighted by atomic mass is 16.5. The fourth-order valence-electron chi connectivity index (χ4n) is 6.22. The molecule has 4 aromatic rings. The Labute approximate surface area is 255 Å². The molecule has 44 heavy (non-hydrogen) atoms. The molecule has 5 rings (SSSR count). The van der Waals surface area contributed by atoms with Gasteiger partial charge in [-0.3, -0.25) is 4.79 Å². The Morgan fingerprint density at radius 2 is 1.64 bits per heavy atom. The minimum Gasteiger partial charge on any atom is -0.508 e. The molecule has 0 amide bonds. The van der Waals surface area contributed by atoms with E-state index < -0.39 is 22.7 Å². The second kappa shape index (κ2) is 12.8. The topological polar surface area (TPSA) is 161 Å². The molecule has 0 spiro atoms. The highest BCUT2D eigenvalue weighted by molar-refractivity contribution is 5.88. The molecule has 6 N–H and O–H groups in total. The number of fused-ring (bicyclic) bond motifs is 1. The van der Waals surface area contributed by atoms with E-state index in [1.807, 2.05) is 19.9 Å². The van der Waals surface area contributed by atoms with Crippen molar-refractivity contribution in [2.75, 3.05) is 13.2 Å². The van der Waals surface area contributed by atoms with Gasteiger partial charge in [0.25, 0.3) is 0 Å². The van der Waals surface area contributed by atoms with E-state index in [4.69, 9.17) is 9.15 Å². The summed E-state index contributed by atoms with van der Waals surface area (Å²) in [5.74, 6) is -1.32. The van der Waals surface area contributed by atoms with Crippen LogP contribution >= 0.6 is 0 Å². The maximum Gasteiger partial charge on any atom is 0.238 e. The van der Waals surface area contributed by atoms with Crippen LogP contribution in [-0.2, 0) is 12.8 Å². The van der Waals surface area contributed by atoms with E-state index in [1.165, 1.54) is 12.1 Å². The van der Waals surface area contributed by atoms with Gasteiger partial charge in [-0.1, -0.05) is 45.2 Å². The van der Waals surface area contributed by atoms with Crippen molar-refractivity contribution in [3.8, 4) is 40.1 Å². The number of ether oxygens (including phenoxy) is 1. The van der Waals surface area contributed by atoms with E-state index in [1.54, 1.807) is 30.3 Å². The molecule has 0 bridgehead atoms. The first-order valence-corrected chi connectivity index (χ1v) is 15.1. The third-order valence-electron chi connectivity index (χ3n) is 8.52. The minimum absolute atomic E-state index is 0.0252. The Hall–Kier alpha value is -4.21. The van der Waals surface area contributed by atoms with Gasteiger partial charge in [0.2, 0.25) is 11.2 Å². The summed E-state index contributed by atoms with van der Waals surface area (Å²) in [5, 5.41) is 63.8. The van der Waals surface area contributed by atoms with Crippen LogP contribution < -0.4 is 10.2 Å². The van der Waals surface area contributed by atoms with Crippen LogP contribution in [0.25, 0.3) is 22.3 Å². The van der Waals surface area contributed by atoms with Crippen molar-refractivity contribution in [3.05, 3.63) is 75.4 Å². The zero-order valence-corrected chi connectivity index (χ0v) is 25.0. The molecule has 9 heteroatoms. The van der Waals surface area contributed by atoms with Crippen molar-refractivity contribution >= 4 is 11.0 Å². The van der Waals surface area contributed by atoms with Gasteiger partial charge in [-0.15, -0.1) is 0 Å². The number of phenols is 3. The Balaban J connectivity index is 1.57. The number of hydrogen-bond acceptors (Lipinski definition) is 9. The molecule has 0 saturated heterocycles. The Morgan fingerprint density at radius 3 is 2.32 bits per heavy atom. The van der Waals surface area contributed by atoms with Gasteiger partial charge >= 0.3 is 0 Å². The first-order valence-electron chi connectivity index (χ1n) is 15.1. The molecule has 234 valence electrons. The van der Waals surface area contributed by atoms with Crippen LogP contribution in [0.1, 0.15) is 62.6 Å². The van der Waals surface area contributed by atoms with Gasteiger partial charge in [0.05, 0.1) is 18.8 Å². The van der Waals surface area contributed by atoms with Gasteiger partial charge < -0.3 is 39.8 Å². The molecule has 1 aromatic heterocycles. The quantitative estimate of drug-likeness (QED) is 0.132. The van der Waals surface area contributed by atoms with Crippen molar-refractivity contribution in [2.45, 2.75) is 64.4 Å². The molecule has 0 aliphatic heterocycles. The summed E-state index contributed by atoms with van der Waals surface area (Å²) < 4.78 is 12.0. The molecule has 3 aromatic carbocycles. The van der Waals surface area contributed by atoms with E-state index in [2.05, 4.69) is 0 Å². The zero-order chi connectivity index (χ0) is 31.6. The molecule has 1 unspecified atom stereocenters. The highest BCUT2D eigenvalue weighted by Crippen LogP contribution is 2.40. The standard InChI is InChI=1S/C35H40O9/c1-20(2)11-22-14-24(15-23(31(22)39)12-21-7-6-8-26(37)13-21)34-33(41)32(40)30-28(16-27(38)17-29(30)44-34)43-19-25(18-36)35(42)9-4-3-5-10-35/h6-8,13-17,20,25,36-39,41-42H,3-5,9-12,18-19H2,1-2H3. The molecule has 1 aliphatic carbocycles. The average molecular weight is 605 g/mol. The Kier molecular flexibility index (Phi) is 9.08. The first-order chi connectivity index (χ1) is 21.0. The predicted octanol–water partition coefficient (Wildman–Crippen LogP) is 5.75. The maximum absolute atomic E-state index is 13.6. The lowest BCUT2D eigenvalue weighted by atomic mass is 9.76. The van der Waals surface area contributed by atoms with Crippen LogP contribution in [0.4, 0.5) is 0 Å². The lowest BCUT2D eigenvalue weighted by Gasteiger charge is -2.38. The fraction of sp³-hybridized carbons (Fsp3) is 0.400. The van der Waals surface area contributed by atoms with E-state index in [0.29, 0.717) is 36.0 Å².